The van der Waals surface area contributed by atoms with Crippen LogP contribution in [0.5, 0.6) is 0 Å². The number of aryl methyl sites for hydroxylation is 1. The molecular formula is C20H17F2N5S3. The van der Waals surface area contributed by atoms with Gasteiger partial charge in [0.2, 0.25) is 5.13 Å². The van der Waals surface area contributed by atoms with Crippen molar-refractivity contribution < 1.29 is 8.78 Å². The van der Waals surface area contributed by atoms with Crippen molar-refractivity contribution in [3.05, 3.63) is 72.3 Å². The summed E-state index contributed by atoms with van der Waals surface area (Å²) in [5.74, 6) is -1.62. The number of hydrogen-bond acceptors (Lipinski definition) is 7. The molecule has 4 rings (SSSR count). The Labute approximate surface area is 185 Å². The molecule has 0 saturated carbocycles. The Hall–Kier alpha value is -2.43. The van der Waals surface area contributed by atoms with Crippen LogP contribution in [0.2, 0.25) is 0 Å². The van der Waals surface area contributed by atoms with Crippen LogP contribution in [0, 0.1) is 6.92 Å². The van der Waals surface area contributed by atoms with E-state index in [1.54, 1.807) is 48.6 Å². The van der Waals surface area contributed by atoms with Gasteiger partial charge >= 0.3 is 0 Å². The predicted molar refractivity (Wildman–Crippen MR) is 119 cm³/mol. The van der Waals surface area contributed by atoms with Crippen LogP contribution in [0.25, 0.3) is 5.69 Å². The number of rotatable bonds is 8. The topological polar surface area (TPSA) is 55.6 Å². The zero-order chi connectivity index (χ0) is 20.9. The molecule has 30 heavy (non-hydrogen) atoms. The lowest BCUT2D eigenvalue weighted by Gasteiger charge is -2.08. The van der Waals surface area contributed by atoms with Crippen LogP contribution < -0.4 is 5.32 Å². The molecule has 10 heteroatoms. The lowest BCUT2D eigenvalue weighted by Crippen LogP contribution is -1.93. The fourth-order valence-corrected chi connectivity index (χ4v) is 5.06. The van der Waals surface area contributed by atoms with Crippen molar-refractivity contribution in [3.63, 3.8) is 0 Å². The molecule has 0 amide bonds. The minimum absolute atomic E-state index is 0.526. The second-order valence-electron chi connectivity index (χ2n) is 6.27. The lowest BCUT2D eigenvalue weighted by atomic mass is 10.1. The van der Waals surface area contributed by atoms with E-state index in [0.29, 0.717) is 21.8 Å². The van der Waals surface area contributed by atoms with Gasteiger partial charge in [0.25, 0.3) is 5.76 Å². The van der Waals surface area contributed by atoms with Crippen molar-refractivity contribution in [2.45, 2.75) is 27.7 Å². The van der Waals surface area contributed by atoms with Gasteiger partial charge in [-0.25, -0.2) is 4.98 Å². The van der Waals surface area contributed by atoms with Crippen LogP contribution in [0.15, 0.2) is 70.4 Å². The van der Waals surface area contributed by atoms with Gasteiger partial charge in [-0.2, -0.15) is 8.78 Å². The second-order valence-corrected chi connectivity index (χ2v) is 9.53. The molecular weight excluding hydrogens is 444 g/mol. The number of hydrogen-bond donors (Lipinski definition) is 1. The normalized spacial score (nSPS) is 11.2. The third kappa shape index (κ3) is 5.38. The largest absolute Gasteiger partial charge is 0.330 e. The molecule has 4 aromatic rings. The molecule has 5 nitrogen and oxygen atoms in total. The highest BCUT2D eigenvalue weighted by molar-refractivity contribution is 8.00. The smallest absolute Gasteiger partial charge is 0.288 e. The molecule has 0 aliphatic rings. The summed E-state index contributed by atoms with van der Waals surface area (Å²) >= 11 is 3.62. The highest BCUT2D eigenvalue weighted by atomic mass is 32.2. The Morgan fingerprint density at radius 3 is 2.67 bits per heavy atom. The molecule has 2 heterocycles. The number of imidazole rings is 1. The van der Waals surface area contributed by atoms with Gasteiger partial charge in [0, 0.05) is 34.4 Å². The van der Waals surface area contributed by atoms with Crippen LogP contribution >= 0.6 is 34.9 Å². The maximum Gasteiger partial charge on any atom is 0.288 e. The van der Waals surface area contributed by atoms with Gasteiger partial charge in [0.05, 0.1) is 6.33 Å². The molecule has 0 spiro atoms. The summed E-state index contributed by atoms with van der Waals surface area (Å²) < 4.78 is 27.6. The van der Waals surface area contributed by atoms with E-state index >= 15 is 0 Å². The van der Waals surface area contributed by atoms with Crippen molar-refractivity contribution in [1.29, 1.82) is 0 Å². The van der Waals surface area contributed by atoms with Gasteiger partial charge in [-0.05, 0) is 54.4 Å². The Balaban J connectivity index is 1.34. The quantitative estimate of drug-likeness (QED) is 0.307. The first-order chi connectivity index (χ1) is 14.6. The van der Waals surface area contributed by atoms with Gasteiger partial charge in [-0.1, -0.05) is 40.9 Å². The number of thioether (sulfide) groups is 2. The van der Waals surface area contributed by atoms with E-state index in [2.05, 4.69) is 45.6 Å². The zero-order valence-electron chi connectivity index (χ0n) is 15.8. The SMILES string of the molecule is Cc1cc(-n2ccnc2)ccc1CSc1nnc(Nc2ccc(SC(F)F)cc2)s1. The molecule has 0 radical (unpaired) electrons. The standard InChI is InChI=1S/C20H17F2N5S3/c1-13-10-16(27-9-8-23-12-27)5-2-14(13)11-28-20-26-25-19(30-20)24-15-3-6-17(7-4-15)29-18(21)22/h2-10,12,18H,11H2,1H3,(H,24,25). The summed E-state index contributed by atoms with van der Waals surface area (Å²) in [6.07, 6.45) is 5.46. The van der Waals surface area contributed by atoms with Crippen molar-refractivity contribution in [2.75, 3.05) is 5.32 Å². The molecule has 0 atom stereocenters. The monoisotopic (exact) mass is 461 g/mol. The van der Waals surface area contributed by atoms with Crippen molar-refractivity contribution in [3.8, 4) is 5.69 Å². The minimum Gasteiger partial charge on any atom is -0.330 e. The van der Waals surface area contributed by atoms with Gasteiger partial charge in [-0.3, -0.25) is 0 Å². The highest BCUT2D eigenvalue weighted by Crippen LogP contribution is 2.32. The number of nitrogens with zero attached hydrogens (tertiary/aromatic N) is 4. The Bertz CT molecular complexity index is 1100. The number of alkyl halides is 2. The van der Waals surface area contributed by atoms with E-state index in [4.69, 9.17) is 0 Å². The number of benzene rings is 2. The number of anilines is 2. The Morgan fingerprint density at radius 2 is 1.97 bits per heavy atom. The maximum absolute atomic E-state index is 12.4. The third-order valence-corrected chi connectivity index (χ3v) is 6.96. The first-order valence-electron chi connectivity index (χ1n) is 8.93. The first-order valence-corrected chi connectivity index (χ1v) is 11.6. The molecule has 0 fully saturated rings. The van der Waals surface area contributed by atoms with Crippen LogP contribution in [0.1, 0.15) is 11.1 Å². The number of aromatic nitrogens is 4. The van der Waals surface area contributed by atoms with Crippen molar-refractivity contribution in [2.24, 2.45) is 0 Å². The van der Waals surface area contributed by atoms with Crippen molar-refractivity contribution in [1.82, 2.24) is 19.7 Å². The average molecular weight is 462 g/mol. The van der Waals surface area contributed by atoms with Gasteiger partial charge in [-0.15, -0.1) is 10.2 Å². The molecule has 0 bridgehead atoms. The molecule has 0 aliphatic heterocycles. The summed E-state index contributed by atoms with van der Waals surface area (Å²) in [6.45, 7) is 2.10. The van der Waals surface area contributed by atoms with Crippen LogP contribution in [0.4, 0.5) is 19.6 Å². The second kappa shape index (κ2) is 9.59. The Kier molecular flexibility index (Phi) is 6.66. The molecule has 1 N–H and O–H groups in total. The van der Waals surface area contributed by atoms with E-state index in [9.17, 15) is 8.78 Å². The molecule has 0 aliphatic carbocycles. The fourth-order valence-electron chi connectivity index (χ4n) is 2.72. The van der Waals surface area contributed by atoms with Crippen LogP contribution in [0.3, 0.4) is 0 Å². The molecule has 0 unspecified atom stereocenters. The predicted octanol–water partition coefficient (Wildman–Crippen LogP) is 6.38. The van der Waals surface area contributed by atoms with Crippen LogP contribution in [-0.4, -0.2) is 25.5 Å². The van der Waals surface area contributed by atoms with E-state index < -0.39 is 5.76 Å². The van der Waals surface area contributed by atoms with E-state index in [1.165, 1.54) is 22.5 Å². The third-order valence-electron chi connectivity index (χ3n) is 4.22. The van der Waals surface area contributed by atoms with Crippen LogP contribution in [-0.2, 0) is 5.75 Å². The molecule has 0 saturated heterocycles. The number of halogens is 2. The minimum atomic E-state index is -2.42. The maximum atomic E-state index is 12.4. The zero-order valence-corrected chi connectivity index (χ0v) is 18.3. The summed E-state index contributed by atoms with van der Waals surface area (Å²) in [7, 11) is 0. The Morgan fingerprint density at radius 1 is 1.13 bits per heavy atom. The highest BCUT2D eigenvalue weighted by Gasteiger charge is 2.09. The average Bonchev–Trinajstić information content (AvgIpc) is 3.40. The van der Waals surface area contributed by atoms with E-state index in [0.717, 1.165) is 21.5 Å². The fraction of sp³-hybridized carbons (Fsp3) is 0.150. The number of nitrogens with one attached hydrogen (secondary N) is 1. The van der Waals surface area contributed by atoms with E-state index in [-0.39, 0.29) is 0 Å². The van der Waals surface area contributed by atoms with Gasteiger partial charge < -0.3 is 9.88 Å². The molecule has 2 aromatic carbocycles. The summed E-state index contributed by atoms with van der Waals surface area (Å²) in [6, 6.07) is 13.2. The summed E-state index contributed by atoms with van der Waals surface area (Å²) in [4.78, 5) is 4.61. The summed E-state index contributed by atoms with van der Waals surface area (Å²) in [5.41, 5.74) is 4.31. The van der Waals surface area contributed by atoms with Crippen molar-refractivity contribution >= 4 is 45.7 Å². The molecule has 2 aromatic heterocycles. The van der Waals surface area contributed by atoms with E-state index in [1.807, 2.05) is 10.8 Å². The van der Waals surface area contributed by atoms with Gasteiger partial charge in [0.1, 0.15) is 0 Å². The molecule has 154 valence electrons. The summed E-state index contributed by atoms with van der Waals surface area (Å²) in [5, 5.41) is 12.2. The van der Waals surface area contributed by atoms with Gasteiger partial charge in [0.15, 0.2) is 4.34 Å². The first kappa shape index (κ1) is 20.8. The lowest BCUT2D eigenvalue weighted by molar-refractivity contribution is 0.252.